The van der Waals surface area contributed by atoms with E-state index in [1.807, 2.05) is 30.5 Å². The highest BCUT2D eigenvalue weighted by Crippen LogP contribution is 2.24. The number of rotatable bonds is 5. The Bertz CT molecular complexity index is 717. The molecule has 2 fully saturated rings. The number of nitrogens with zero attached hydrogens (tertiary/aromatic N) is 3. The fourth-order valence-electron chi connectivity index (χ4n) is 4.09. The zero-order chi connectivity index (χ0) is 17.8. The fraction of sp³-hybridized carbons (Fsp3) is 0.571. The molecule has 4 rings (SSSR count). The van der Waals surface area contributed by atoms with E-state index in [4.69, 9.17) is 4.74 Å². The molecule has 3 heterocycles. The van der Waals surface area contributed by atoms with Gasteiger partial charge in [0.15, 0.2) is 0 Å². The Morgan fingerprint density at radius 3 is 2.69 bits per heavy atom. The summed E-state index contributed by atoms with van der Waals surface area (Å²) >= 11 is 0. The molecule has 0 radical (unpaired) electrons. The molecule has 0 bridgehead atoms. The summed E-state index contributed by atoms with van der Waals surface area (Å²) in [5.74, 6) is 0.816. The SMILES string of the molecule is O[C@@H]1CN(CCN2CCCCC2)CC[C@H]1Oc1ccc2ccncc2c1. The normalized spacial score (nSPS) is 25.4. The van der Waals surface area contributed by atoms with E-state index in [1.165, 1.54) is 32.4 Å². The smallest absolute Gasteiger partial charge is 0.127 e. The van der Waals surface area contributed by atoms with Crippen LogP contribution in [0.25, 0.3) is 10.8 Å². The maximum atomic E-state index is 10.6. The summed E-state index contributed by atoms with van der Waals surface area (Å²) in [5.41, 5.74) is 0. The van der Waals surface area contributed by atoms with E-state index in [2.05, 4.69) is 14.8 Å². The number of piperidine rings is 2. The first kappa shape index (κ1) is 17.7. The lowest BCUT2D eigenvalue weighted by molar-refractivity contribution is -0.0271. The van der Waals surface area contributed by atoms with Crippen molar-refractivity contribution < 1.29 is 9.84 Å². The molecule has 1 aromatic heterocycles. The number of ether oxygens (including phenoxy) is 1. The fourth-order valence-corrected chi connectivity index (χ4v) is 4.09. The average molecular weight is 355 g/mol. The molecule has 1 aromatic carbocycles. The van der Waals surface area contributed by atoms with Gasteiger partial charge in [-0.15, -0.1) is 0 Å². The van der Waals surface area contributed by atoms with Crippen molar-refractivity contribution in [2.75, 3.05) is 39.3 Å². The minimum absolute atomic E-state index is 0.129. The van der Waals surface area contributed by atoms with E-state index >= 15 is 0 Å². The summed E-state index contributed by atoms with van der Waals surface area (Å²) in [6, 6.07) is 8.04. The Hall–Kier alpha value is -1.69. The Kier molecular flexibility index (Phi) is 5.68. The van der Waals surface area contributed by atoms with Gasteiger partial charge in [0.25, 0.3) is 0 Å². The third-order valence-electron chi connectivity index (χ3n) is 5.68. The van der Waals surface area contributed by atoms with Crippen LogP contribution in [0, 0.1) is 0 Å². The Balaban J connectivity index is 1.29. The number of β-amino-alcohol motifs (C(OH)–C–C–N with tert-alkyl or cyclic N) is 1. The topological polar surface area (TPSA) is 48.8 Å². The van der Waals surface area contributed by atoms with Crippen molar-refractivity contribution in [2.45, 2.75) is 37.9 Å². The second kappa shape index (κ2) is 8.33. The van der Waals surface area contributed by atoms with Crippen molar-refractivity contribution >= 4 is 10.8 Å². The van der Waals surface area contributed by atoms with Gasteiger partial charge in [-0.1, -0.05) is 12.5 Å². The maximum Gasteiger partial charge on any atom is 0.127 e. The molecule has 0 unspecified atom stereocenters. The summed E-state index contributed by atoms with van der Waals surface area (Å²) in [7, 11) is 0. The number of benzene rings is 1. The van der Waals surface area contributed by atoms with Crippen molar-refractivity contribution in [1.29, 1.82) is 0 Å². The number of aliphatic hydroxyl groups is 1. The molecular weight excluding hydrogens is 326 g/mol. The van der Waals surface area contributed by atoms with Crippen LogP contribution in [0.5, 0.6) is 5.75 Å². The van der Waals surface area contributed by atoms with Gasteiger partial charge in [0.2, 0.25) is 0 Å². The lowest BCUT2D eigenvalue weighted by Gasteiger charge is -2.37. The quantitative estimate of drug-likeness (QED) is 0.893. The van der Waals surface area contributed by atoms with Crippen LogP contribution in [-0.4, -0.2) is 71.4 Å². The van der Waals surface area contributed by atoms with E-state index < -0.39 is 6.10 Å². The molecule has 1 N–H and O–H groups in total. The van der Waals surface area contributed by atoms with Gasteiger partial charge in [-0.2, -0.15) is 0 Å². The van der Waals surface area contributed by atoms with Crippen molar-refractivity contribution in [2.24, 2.45) is 0 Å². The van der Waals surface area contributed by atoms with Gasteiger partial charge < -0.3 is 14.7 Å². The van der Waals surface area contributed by atoms with Gasteiger partial charge in [0.05, 0.1) is 0 Å². The number of hydrogen-bond donors (Lipinski definition) is 1. The predicted molar refractivity (Wildman–Crippen MR) is 104 cm³/mol. The highest BCUT2D eigenvalue weighted by atomic mass is 16.5. The third-order valence-corrected chi connectivity index (χ3v) is 5.68. The largest absolute Gasteiger partial charge is 0.488 e. The number of hydrogen-bond acceptors (Lipinski definition) is 5. The monoisotopic (exact) mass is 355 g/mol. The molecule has 2 aromatic rings. The van der Waals surface area contributed by atoms with Gasteiger partial charge in [-0.25, -0.2) is 0 Å². The lowest BCUT2D eigenvalue weighted by Crippen LogP contribution is -2.50. The molecule has 2 aliphatic rings. The first-order valence-corrected chi connectivity index (χ1v) is 9.91. The Morgan fingerprint density at radius 2 is 1.85 bits per heavy atom. The second-order valence-corrected chi connectivity index (χ2v) is 7.60. The van der Waals surface area contributed by atoms with Crippen LogP contribution < -0.4 is 4.74 Å². The standard InChI is InChI=1S/C21H29N3O2/c25-20-16-24(13-12-23-9-2-1-3-10-23)11-7-21(20)26-19-5-4-17-6-8-22-15-18(17)14-19/h4-6,8,14-15,20-21,25H,1-3,7,9-13,16H2/t20-,21-/m1/s1. The van der Waals surface area contributed by atoms with Crippen molar-refractivity contribution in [1.82, 2.24) is 14.8 Å². The molecule has 2 aliphatic heterocycles. The number of pyridine rings is 1. The number of likely N-dealkylation sites (tertiary alicyclic amines) is 2. The molecular formula is C21H29N3O2. The first-order valence-electron chi connectivity index (χ1n) is 9.91. The average Bonchev–Trinajstić information content (AvgIpc) is 2.69. The van der Waals surface area contributed by atoms with Crippen LogP contribution in [0.4, 0.5) is 0 Å². The summed E-state index contributed by atoms with van der Waals surface area (Å²) in [4.78, 5) is 9.10. The van der Waals surface area contributed by atoms with Gasteiger partial charge in [0.1, 0.15) is 18.0 Å². The highest BCUT2D eigenvalue weighted by Gasteiger charge is 2.29. The van der Waals surface area contributed by atoms with Crippen LogP contribution in [0.2, 0.25) is 0 Å². The zero-order valence-corrected chi connectivity index (χ0v) is 15.4. The van der Waals surface area contributed by atoms with Crippen molar-refractivity contribution in [3.8, 4) is 5.75 Å². The number of aliphatic hydroxyl groups excluding tert-OH is 1. The molecule has 5 nitrogen and oxygen atoms in total. The van der Waals surface area contributed by atoms with E-state index in [9.17, 15) is 5.11 Å². The summed E-state index contributed by atoms with van der Waals surface area (Å²) in [6.45, 7) is 6.33. The maximum absolute atomic E-state index is 10.6. The molecule has 2 atom stereocenters. The van der Waals surface area contributed by atoms with Crippen LogP contribution >= 0.6 is 0 Å². The predicted octanol–water partition coefficient (Wildman–Crippen LogP) is 2.53. The zero-order valence-electron chi connectivity index (χ0n) is 15.4. The Labute approximate surface area is 155 Å². The summed E-state index contributed by atoms with van der Waals surface area (Å²) in [6.07, 6.45) is 7.99. The van der Waals surface area contributed by atoms with Crippen molar-refractivity contribution in [3.63, 3.8) is 0 Å². The van der Waals surface area contributed by atoms with Gasteiger partial charge in [-0.3, -0.25) is 9.88 Å². The summed E-state index contributed by atoms with van der Waals surface area (Å²) < 4.78 is 6.10. The molecule has 140 valence electrons. The molecule has 2 saturated heterocycles. The van der Waals surface area contributed by atoms with Crippen LogP contribution in [0.3, 0.4) is 0 Å². The van der Waals surface area contributed by atoms with Crippen LogP contribution in [0.15, 0.2) is 36.7 Å². The Morgan fingerprint density at radius 1 is 1.00 bits per heavy atom. The second-order valence-electron chi connectivity index (χ2n) is 7.60. The van der Waals surface area contributed by atoms with E-state index in [0.717, 1.165) is 42.6 Å². The van der Waals surface area contributed by atoms with Gasteiger partial charge in [0, 0.05) is 44.0 Å². The minimum Gasteiger partial charge on any atom is -0.488 e. The van der Waals surface area contributed by atoms with Crippen molar-refractivity contribution in [3.05, 3.63) is 36.7 Å². The van der Waals surface area contributed by atoms with Gasteiger partial charge >= 0.3 is 0 Å². The first-order chi connectivity index (χ1) is 12.8. The number of fused-ring (bicyclic) bond motifs is 1. The molecule has 0 spiro atoms. The highest BCUT2D eigenvalue weighted by molar-refractivity contribution is 5.82. The third kappa shape index (κ3) is 4.34. The lowest BCUT2D eigenvalue weighted by atomic mass is 10.0. The molecule has 0 amide bonds. The summed E-state index contributed by atoms with van der Waals surface area (Å²) in [5, 5.41) is 12.8. The van der Waals surface area contributed by atoms with Gasteiger partial charge in [-0.05, 0) is 55.9 Å². The van der Waals surface area contributed by atoms with E-state index in [1.54, 1.807) is 6.20 Å². The molecule has 0 saturated carbocycles. The molecule has 26 heavy (non-hydrogen) atoms. The van der Waals surface area contributed by atoms with Crippen LogP contribution in [0.1, 0.15) is 25.7 Å². The van der Waals surface area contributed by atoms with E-state index in [0.29, 0.717) is 6.54 Å². The van der Waals surface area contributed by atoms with E-state index in [-0.39, 0.29) is 6.10 Å². The minimum atomic E-state index is -0.435. The molecule has 5 heteroatoms. The molecule has 0 aliphatic carbocycles. The number of aromatic nitrogens is 1. The van der Waals surface area contributed by atoms with Crippen LogP contribution in [-0.2, 0) is 0 Å².